The molecule has 0 spiro atoms. The highest BCUT2D eigenvalue weighted by atomic mass is 35.5. The molecule has 0 aromatic heterocycles. The third-order valence-electron chi connectivity index (χ3n) is 9.32. The minimum atomic E-state index is -0.997. The number of ether oxygens (including phenoxy) is 3. The molecule has 2 fully saturated rings. The second kappa shape index (κ2) is 17.2. The number of hydrogen-bond acceptors (Lipinski definition) is 8. The lowest BCUT2D eigenvalue weighted by atomic mass is 9.86. The van der Waals surface area contributed by atoms with Gasteiger partial charge in [0.15, 0.2) is 0 Å². The fraction of sp³-hybridized carbons (Fsp3) is 0.600. The van der Waals surface area contributed by atoms with Crippen molar-refractivity contribution in [3.63, 3.8) is 0 Å². The number of allylic oxidation sites excluding steroid dienone is 3. The van der Waals surface area contributed by atoms with Gasteiger partial charge in [-0.25, -0.2) is 9.59 Å². The van der Waals surface area contributed by atoms with E-state index in [0.29, 0.717) is 55.1 Å². The third kappa shape index (κ3) is 10.2. The zero-order chi connectivity index (χ0) is 35.8. The summed E-state index contributed by atoms with van der Waals surface area (Å²) in [6, 6.07) is 3.11. The van der Waals surface area contributed by atoms with Crippen LogP contribution in [-0.2, 0) is 30.3 Å². The number of carboxylic acid groups (broad SMARTS) is 1. The van der Waals surface area contributed by atoms with Crippen LogP contribution >= 0.6 is 11.6 Å². The molecule has 48 heavy (non-hydrogen) atoms. The molecule has 0 saturated carbocycles. The first kappa shape index (κ1) is 38.8. The molecule has 5 unspecified atom stereocenters. The van der Waals surface area contributed by atoms with Gasteiger partial charge in [-0.15, -0.1) is 0 Å². The summed E-state index contributed by atoms with van der Waals surface area (Å²) in [5, 5.41) is 12.0. The van der Waals surface area contributed by atoms with Gasteiger partial charge in [0.25, 0.3) is 0 Å². The quantitative estimate of drug-likeness (QED) is 0.354. The summed E-state index contributed by atoms with van der Waals surface area (Å²) in [5.74, 6) is -0.646. The molecule has 13 heteroatoms. The predicted octanol–water partition coefficient (Wildman–Crippen LogP) is 4.86. The molecule has 0 radical (unpaired) electrons. The van der Waals surface area contributed by atoms with Crippen LogP contribution in [0.2, 0.25) is 5.02 Å². The number of alkyl carbamates (subject to hydrolysis) is 1. The van der Waals surface area contributed by atoms with Gasteiger partial charge in [0.05, 0.1) is 24.5 Å². The van der Waals surface area contributed by atoms with Crippen LogP contribution in [0.3, 0.4) is 0 Å². The van der Waals surface area contributed by atoms with Crippen LogP contribution in [0.4, 0.5) is 10.5 Å². The molecule has 0 aliphatic carbocycles. The molecule has 3 heterocycles. The number of nitrogens with zero attached hydrogens (tertiary/aromatic N) is 2. The number of amides is 3. The van der Waals surface area contributed by atoms with E-state index in [1.54, 1.807) is 19.1 Å². The zero-order valence-corrected chi connectivity index (χ0v) is 29.8. The number of rotatable bonds is 6. The van der Waals surface area contributed by atoms with Gasteiger partial charge in [-0.05, 0) is 70.7 Å². The van der Waals surface area contributed by atoms with E-state index in [0.717, 1.165) is 24.0 Å². The van der Waals surface area contributed by atoms with Crippen LogP contribution in [0.25, 0.3) is 0 Å². The standard InChI is InChI=1S/C27H35ClN2O5.C8H16N2O3/c1-16-8-6-7-9-19-15-21(34-26(32)29-19)17(2)25-27(3,35-25)11-10-23(31)30(4)20-13-18(12-16)14-22(33-5)24(20)28;1-6(8(12)13)10(2)7(11)4-3-5-9/h6-8,13-14,17,19,21,25H,9-12,15H2,1-5H3,(H,29,32);6H,3-5,9H2,1-2H3,(H,12,13)/b7-6+,16-8+;/t17-,19?,21?,25?,27?;/m1./s1. The Kier molecular flexibility index (Phi) is 13.9. The van der Waals surface area contributed by atoms with E-state index in [2.05, 4.69) is 31.3 Å². The topological polar surface area (TPSA) is 164 Å². The normalized spacial score (nSPS) is 28.2. The number of nitrogens with two attached hydrogens (primary N) is 1. The fourth-order valence-corrected chi connectivity index (χ4v) is 6.29. The fourth-order valence-electron chi connectivity index (χ4n) is 5.98. The Bertz CT molecular complexity index is 1400. The molecule has 3 aliphatic heterocycles. The van der Waals surface area contributed by atoms with Crippen molar-refractivity contribution >= 4 is 41.2 Å². The van der Waals surface area contributed by atoms with Crippen LogP contribution in [0.5, 0.6) is 5.75 Å². The maximum absolute atomic E-state index is 13.2. The lowest BCUT2D eigenvalue weighted by Gasteiger charge is -2.33. The number of epoxide rings is 1. The average Bonchev–Trinajstić information content (AvgIpc) is 3.74. The Morgan fingerprint density at radius 3 is 2.67 bits per heavy atom. The van der Waals surface area contributed by atoms with Gasteiger partial charge in [-0.1, -0.05) is 42.3 Å². The number of likely N-dealkylation sites (N-methyl/N-ethyl adjacent to an activating group) is 1. The molecule has 12 nitrogen and oxygen atoms in total. The Morgan fingerprint density at radius 1 is 1.31 bits per heavy atom. The number of anilines is 1. The summed E-state index contributed by atoms with van der Waals surface area (Å²) in [5.41, 5.74) is 7.59. The molecule has 4 N–H and O–H groups in total. The van der Waals surface area contributed by atoms with Crippen molar-refractivity contribution < 1.29 is 38.5 Å². The van der Waals surface area contributed by atoms with Crippen LogP contribution in [0.15, 0.2) is 35.9 Å². The smallest absolute Gasteiger partial charge is 0.407 e. The van der Waals surface area contributed by atoms with E-state index >= 15 is 0 Å². The molecule has 3 aliphatic rings. The highest BCUT2D eigenvalue weighted by Crippen LogP contribution is 2.47. The summed E-state index contributed by atoms with van der Waals surface area (Å²) in [7, 11) is 4.80. The summed E-state index contributed by atoms with van der Waals surface area (Å²) in [6.45, 7) is 8.07. The molecule has 1 aromatic carbocycles. The first-order valence-corrected chi connectivity index (χ1v) is 16.8. The molecule has 266 valence electrons. The van der Waals surface area contributed by atoms with Gasteiger partial charge in [-0.2, -0.15) is 0 Å². The number of carbonyl (C=O) groups is 4. The molecular formula is C35H51ClN4O8. The number of carbonyl (C=O) groups excluding carboxylic acids is 3. The number of fused-ring (bicyclic) bond motifs is 5. The number of nitrogens with one attached hydrogen (secondary N) is 1. The van der Waals surface area contributed by atoms with Gasteiger partial charge >= 0.3 is 12.1 Å². The van der Waals surface area contributed by atoms with Crippen molar-refractivity contribution in [2.75, 3.05) is 32.6 Å². The van der Waals surface area contributed by atoms with Crippen LogP contribution in [0, 0.1) is 5.92 Å². The van der Waals surface area contributed by atoms with E-state index in [1.165, 1.54) is 18.9 Å². The maximum atomic E-state index is 13.2. The summed E-state index contributed by atoms with van der Waals surface area (Å²) >= 11 is 6.60. The monoisotopic (exact) mass is 690 g/mol. The first-order valence-electron chi connectivity index (χ1n) is 16.4. The van der Waals surface area contributed by atoms with Gasteiger partial charge in [0.2, 0.25) is 11.8 Å². The molecule has 1 aromatic rings. The molecule has 4 bridgehead atoms. The van der Waals surface area contributed by atoms with E-state index in [-0.39, 0.29) is 42.1 Å². The molecular weight excluding hydrogens is 640 g/mol. The Hall–Kier alpha value is -3.61. The zero-order valence-electron chi connectivity index (χ0n) is 29.1. The number of hydrogen-bond donors (Lipinski definition) is 3. The van der Waals surface area contributed by atoms with Crippen LogP contribution in [0.1, 0.15) is 71.8 Å². The number of methoxy groups -OCH3 is 1. The third-order valence-corrected chi connectivity index (χ3v) is 9.70. The number of carboxylic acids is 1. The second-order valence-electron chi connectivity index (χ2n) is 13.1. The average molecular weight is 691 g/mol. The van der Waals surface area contributed by atoms with Gasteiger partial charge in [-0.3, -0.25) is 9.59 Å². The predicted molar refractivity (Wildman–Crippen MR) is 184 cm³/mol. The SMILES string of the molecule is CC(C(=O)O)N(C)C(=O)CCCN.COc1cc2cc(c1Cl)N(C)C(=O)CCC1(C)OC1[C@H](C)C1CC(C/C=C/C=C(\C)C2)NC(=O)O1. The van der Waals surface area contributed by atoms with E-state index < -0.39 is 17.6 Å². The number of aliphatic carboxylic acids is 1. The summed E-state index contributed by atoms with van der Waals surface area (Å²) in [4.78, 5) is 49.9. The number of benzene rings is 1. The van der Waals surface area contributed by atoms with Crippen molar-refractivity contribution in [1.29, 1.82) is 0 Å². The highest BCUT2D eigenvalue weighted by molar-refractivity contribution is 6.35. The van der Waals surface area contributed by atoms with Crippen LogP contribution < -0.4 is 20.7 Å². The maximum Gasteiger partial charge on any atom is 0.407 e. The Labute approximate surface area is 288 Å². The van der Waals surface area contributed by atoms with E-state index in [4.69, 9.17) is 36.7 Å². The lowest BCUT2D eigenvalue weighted by Crippen LogP contribution is -2.48. The van der Waals surface area contributed by atoms with Gasteiger partial charge < -0.3 is 40.2 Å². The Balaban J connectivity index is 0.000000408. The van der Waals surface area contributed by atoms with Crippen molar-refractivity contribution in [2.24, 2.45) is 11.7 Å². The largest absolute Gasteiger partial charge is 0.495 e. The first-order chi connectivity index (χ1) is 22.6. The van der Waals surface area contributed by atoms with Gasteiger partial charge in [0, 0.05) is 45.3 Å². The van der Waals surface area contributed by atoms with Crippen LogP contribution in [-0.4, -0.2) is 91.5 Å². The lowest BCUT2D eigenvalue weighted by molar-refractivity contribution is -0.148. The van der Waals surface area contributed by atoms with Gasteiger partial charge in [0.1, 0.15) is 22.9 Å². The Morgan fingerprint density at radius 2 is 2.02 bits per heavy atom. The van der Waals surface area contributed by atoms with Crippen molar-refractivity contribution in [2.45, 2.75) is 103 Å². The van der Waals surface area contributed by atoms with Crippen molar-refractivity contribution in [1.82, 2.24) is 10.2 Å². The van der Waals surface area contributed by atoms with Crippen molar-refractivity contribution in [3.8, 4) is 5.75 Å². The van der Waals surface area contributed by atoms with E-state index in [9.17, 15) is 19.2 Å². The number of halogens is 1. The highest BCUT2D eigenvalue weighted by Gasteiger charge is 2.57. The van der Waals surface area contributed by atoms with E-state index in [1.807, 2.05) is 25.1 Å². The second-order valence-corrected chi connectivity index (χ2v) is 13.5. The molecule has 2 saturated heterocycles. The minimum Gasteiger partial charge on any atom is -0.495 e. The molecule has 3 amide bonds. The summed E-state index contributed by atoms with van der Waals surface area (Å²) in [6.07, 6.45) is 9.43. The minimum absolute atomic E-state index is 0.0130. The summed E-state index contributed by atoms with van der Waals surface area (Å²) < 4.78 is 17.2. The van der Waals surface area contributed by atoms with Crippen molar-refractivity contribution in [3.05, 3.63) is 46.5 Å². The molecule has 6 atom stereocenters. The molecule has 4 rings (SSSR count).